The van der Waals surface area contributed by atoms with Crippen molar-refractivity contribution in [3.8, 4) is 0 Å². The number of fused-ring (bicyclic) bond motifs is 1. The molecule has 0 N–H and O–H groups in total. The number of ketones is 1. The smallest absolute Gasteiger partial charge is 0.199 e. The normalized spacial score (nSPS) is 14.9. The lowest BCUT2D eigenvalue weighted by Gasteiger charge is -2.36. The number of nitrogens with zero attached hydrogens (tertiary/aromatic N) is 2. The van der Waals surface area contributed by atoms with Crippen molar-refractivity contribution < 1.29 is 9.21 Å². The standard InChI is InChI=1S/C22H24N2O2.ClH/c1-17-6-2-4-8-19(17)24-14-12-23(13-15-24)11-10-20(25)22-16-18-7-3-5-9-21(18)26-22;/h2-9,16H,10-15H2,1H3;1H. The average Bonchev–Trinajstić information content (AvgIpc) is 3.11. The summed E-state index contributed by atoms with van der Waals surface area (Å²) in [6.07, 6.45) is 0.504. The number of carbonyl (C=O) groups is 1. The van der Waals surface area contributed by atoms with Crippen LogP contribution in [0.2, 0.25) is 0 Å². The van der Waals surface area contributed by atoms with Gasteiger partial charge in [-0.25, -0.2) is 0 Å². The van der Waals surface area contributed by atoms with Gasteiger partial charge in [0.1, 0.15) is 5.58 Å². The molecule has 0 unspecified atom stereocenters. The summed E-state index contributed by atoms with van der Waals surface area (Å²) in [7, 11) is 0. The molecular formula is C22H25ClN2O2. The molecule has 5 heteroatoms. The summed E-state index contributed by atoms with van der Waals surface area (Å²) >= 11 is 0. The summed E-state index contributed by atoms with van der Waals surface area (Å²) in [5.41, 5.74) is 3.43. The third-order valence-corrected chi connectivity index (χ3v) is 5.18. The Balaban J connectivity index is 0.00000210. The van der Waals surface area contributed by atoms with Crippen molar-refractivity contribution in [3.63, 3.8) is 0 Å². The molecule has 2 aromatic carbocycles. The van der Waals surface area contributed by atoms with E-state index in [4.69, 9.17) is 4.42 Å². The molecular weight excluding hydrogens is 360 g/mol. The van der Waals surface area contributed by atoms with Crippen LogP contribution in [0.15, 0.2) is 59.0 Å². The highest BCUT2D eigenvalue weighted by Gasteiger charge is 2.20. The lowest BCUT2D eigenvalue weighted by atomic mass is 10.1. The molecule has 1 aliphatic rings. The molecule has 0 aliphatic carbocycles. The number of furan rings is 1. The summed E-state index contributed by atoms with van der Waals surface area (Å²) in [6, 6.07) is 18.1. The number of halogens is 1. The zero-order valence-electron chi connectivity index (χ0n) is 15.6. The summed E-state index contributed by atoms with van der Waals surface area (Å²) in [4.78, 5) is 17.3. The van der Waals surface area contributed by atoms with Crippen LogP contribution in [0.5, 0.6) is 0 Å². The summed E-state index contributed by atoms with van der Waals surface area (Å²) in [5.74, 6) is 0.562. The molecule has 4 rings (SSSR count). The molecule has 2 heterocycles. The maximum Gasteiger partial charge on any atom is 0.199 e. The van der Waals surface area contributed by atoms with Crippen LogP contribution < -0.4 is 4.90 Å². The zero-order valence-corrected chi connectivity index (χ0v) is 16.4. The van der Waals surface area contributed by atoms with E-state index < -0.39 is 0 Å². The molecule has 1 fully saturated rings. The van der Waals surface area contributed by atoms with Crippen LogP contribution in [-0.2, 0) is 0 Å². The molecule has 27 heavy (non-hydrogen) atoms. The van der Waals surface area contributed by atoms with E-state index in [1.54, 1.807) is 0 Å². The fourth-order valence-corrected chi connectivity index (χ4v) is 3.63. The van der Waals surface area contributed by atoms with Crippen LogP contribution in [-0.4, -0.2) is 43.4 Å². The molecule has 1 saturated heterocycles. The number of para-hydroxylation sites is 2. The fraction of sp³-hybridized carbons (Fsp3) is 0.318. The van der Waals surface area contributed by atoms with Crippen LogP contribution >= 0.6 is 12.4 Å². The van der Waals surface area contributed by atoms with Crippen LogP contribution in [0.4, 0.5) is 5.69 Å². The monoisotopic (exact) mass is 384 g/mol. The molecule has 1 aromatic heterocycles. The Morgan fingerprint density at radius 1 is 1.00 bits per heavy atom. The molecule has 0 saturated carbocycles. The summed E-state index contributed by atoms with van der Waals surface area (Å²) in [6.45, 7) is 6.93. The minimum atomic E-state index is 0. The average molecular weight is 385 g/mol. The zero-order chi connectivity index (χ0) is 17.9. The number of benzene rings is 2. The molecule has 3 aromatic rings. The van der Waals surface area contributed by atoms with Crippen molar-refractivity contribution in [2.75, 3.05) is 37.6 Å². The number of hydrogen-bond acceptors (Lipinski definition) is 4. The van der Waals surface area contributed by atoms with Gasteiger partial charge in [0.25, 0.3) is 0 Å². The number of carbonyl (C=O) groups excluding carboxylic acids is 1. The van der Waals surface area contributed by atoms with Crippen LogP contribution in [0.25, 0.3) is 11.0 Å². The predicted molar refractivity (Wildman–Crippen MR) is 112 cm³/mol. The highest BCUT2D eigenvalue weighted by Crippen LogP contribution is 2.22. The first-order valence-electron chi connectivity index (χ1n) is 9.25. The summed E-state index contributed by atoms with van der Waals surface area (Å²) in [5, 5.41) is 0.989. The Kier molecular flexibility index (Phi) is 6.19. The predicted octanol–water partition coefficient (Wildman–Crippen LogP) is 4.56. The Hall–Kier alpha value is -2.30. The van der Waals surface area contributed by atoms with Gasteiger partial charge >= 0.3 is 0 Å². The van der Waals surface area contributed by atoms with E-state index in [9.17, 15) is 4.79 Å². The molecule has 0 bridgehead atoms. The second-order valence-corrected chi connectivity index (χ2v) is 6.94. The fourth-order valence-electron chi connectivity index (χ4n) is 3.63. The van der Waals surface area contributed by atoms with Crippen LogP contribution in [0, 0.1) is 6.92 Å². The van der Waals surface area contributed by atoms with Crippen LogP contribution in [0.1, 0.15) is 22.5 Å². The van der Waals surface area contributed by atoms with E-state index in [1.807, 2.05) is 30.3 Å². The minimum absolute atomic E-state index is 0. The maximum absolute atomic E-state index is 12.5. The first kappa shape index (κ1) is 19.5. The third kappa shape index (κ3) is 4.34. The Morgan fingerprint density at radius 3 is 2.44 bits per heavy atom. The van der Waals surface area contributed by atoms with E-state index >= 15 is 0 Å². The van der Waals surface area contributed by atoms with Gasteiger partial charge in [-0.2, -0.15) is 0 Å². The van der Waals surface area contributed by atoms with Crippen molar-refractivity contribution >= 4 is 34.8 Å². The van der Waals surface area contributed by atoms with Gasteiger partial charge in [-0.05, 0) is 30.7 Å². The number of hydrogen-bond donors (Lipinski definition) is 0. The van der Waals surface area contributed by atoms with E-state index in [0.717, 1.165) is 43.7 Å². The number of aryl methyl sites for hydroxylation is 1. The van der Waals surface area contributed by atoms with Gasteiger partial charge in [-0.15, -0.1) is 12.4 Å². The Bertz CT molecular complexity index is 880. The SMILES string of the molecule is Cc1ccccc1N1CCN(CCC(=O)c2cc3ccccc3o2)CC1.Cl. The van der Waals surface area contributed by atoms with Gasteiger partial charge in [0, 0.05) is 50.2 Å². The third-order valence-electron chi connectivity index (χ3n) is 5.18. The van der Waals surface area contributed by atoms with Gasteiger partial charge in [-0.3, -0.25) is 9.69 Å². The molecule has 0 amide bonds. The topological polar surface area (TPSA) is 36.7 Å². The highest BCUT2D eigenvalue weighted by atomic mass is 35.5. The quantitative estimate of drug-likeness (QED) is 0.604. The van der Waals surface area contributed by atoms with Gasteiger partial charge in [0.15, 0.2) is 11.5 Å². The van der Waals surface area contributed by atoms with E-state index in [1.165, 1.54) is 11.3 Å². The molecule has 0 spiro atoms. The van der Waals surface area contributed by atoms with Crippen molar-refractivity contribution in [1.29, 1.82) is 0 Å². The number of anilines is 1. The van der Waals surface area contributed by atoms with E-state index in [2.05, 4.69) is 41.0 Å². The van der Waals surface area contributed by atoms with Gasteiger partial charge in [0.05, 0.1) is 0 Å². The minimum Gasteiger partial charge on any atom is -0.453 e. The van der Waals surface area contributed by atoms with Gasteiger partial charge in [0.2, 0.25) is 0 Å². The molecule has 0 radical (unpaired) electrons. The number of rotatable bonds is 5. The van der Waals surface area contributed by atoms with Crippen molar-refractivity contribution in [2.45, 2.75) is 13.3 Å². The first-order valence-corrected chi connectivity index (χ1v) is 9.25. The highest BCUT2D eigenvalue weighted by molar-refractivity contribution is 5.97. The van der Waals surface area contributed by atoms with Gasteiger partial charge < -0.3 is 9.32 Å². The van der Waals surface area contributed by atoms with Crippen molar-refractivity contribution in [2.24, 2.45) is 0 Å². The Labute approximate surface area is 166 Å². The van der Waals surface area contributed by atoms with Crippen molar-refractivity contribution in [3.05, 3.63) is 65.9 Å². The lowest BCUT2D eigenvalue weighted by Crippen LogP contribution is -2.47. The first-order chi connectivity index (χ1) is 12.7. The second kappa shape index (κ2) is 8.59. The maximum atomic E-state index is 12.5. The second-order valence-electron chi connectivity index (χ2n) is 6.94. The largest absolute Gasteiger partial charge is 0.453 e. The molecule has 0 atom stereocenters. The number of Topliss-reactive ketones (excluding diaryl/α,β-unsaturated/α-hetero) is 1. The van der Waals surface area contributed by atoms with E-state index in [0.29, 0.717) is 12.2 Å². The van der Waals surface area contributed by atoms with E-state index in [-0.39, 0.29) is 18.2 Å². The molecule has 1 aliphatic heterocycles. The van der Waals surface area contributed by atoms with Crippen molar-refractivity contribution in [1.82, 2.24) is 4.90 Å². The molecule has 4 nitrogen and oxygen atoms in total. The summed E-state index contributed by atoms with van der Waals surface area (Å²) < 4.78 is 5.68. The number of piperazine rings is 1. The molecule has 142 valence electrons. The van der Waals surface area contributed by atoms with Crippen LogP contribution in [0.3, 0.4) is 0 Å². The lowest BCUT2D eigenvalue weighted by molar-refractivity contribution is 0.0937. The van der Waals surface area contributed by atoms with Gasteiger partial charge in [-0.1, -0.05) is 36.4 Å². The Morgan fingerprint density at radius 2 is 1.70 bits per heavy atom.